The number of aromatic nitrogens is 2. The Labute approximate surface area is 152 Å². The number of hydrogen-bond donors (Lipinski definition) is 2. The second-order valence-electron chi connectivity index (χ2n) is 6.65. The number of aromatic amines is 2. The van der Waals surface area contributed by atoms with Crippen LogP contribution in [0.1, 0.15) is 6.42 Å². The number of nitrogens with one attached hydrogen (secondary N) is 2. The van der Waals surface area contributed by atoms with E-state index in [1.807, 2.05) is 18.2 Å². The van der Waals surface area contributed by atoms with Gasteiger partial charge in [0.2, 0.25) is 0 Å². The standard InChI is InChI=1S/C20H24N4O2/c25-20-21-18-8-7-17(15-19(18)22-20)26-14-4-9-23-10-12-24(13-11-23)16-5-2-1-3-6-16/h1-3,5-8,15H,4,9-14H2,(H2,21,22,25). The molecule has 1 fully saturated rings. The topological polar surface area (TPSA) is 64.4 Å². The molecule has 1 saturated heterocycles. The minimum atomic E-state index is -0.188. The summed E-state index contributed by atoms with van der Waals surface area (Å²) in [5.74, 6) is 0.793. The van der Waals surface area contributed by atoms with E-state index in [4.69, 9.17) is 4.74 Å². The molecule has 0 spiro atoms. The fourth-order valence-corrected chi connectivity index (χ4v) is 3.45. The molecular weight excluding hydrogens is 328 g/mol. The zero-order valence-corrected chi connectivity index (χ0v) is 14.8. The van der Waals surface area contributed by atoms with E-state index in [0.29, 0.717) is 6.61 Å². The lowest BCUT2D eigenvalue weighted by molar-refractivity contribution is 0.225. The predicted molar refractivity (Wildman–Crippen MR) is 104 cm³/mol. The molecule has 1 aliphatic heterocycles. The Morgan fingerprint density at radius 2 is 1.69 bits per heavy atom. The van der Waals surface area contributed by atoms with Crippen LogP contribution in [0.25, 0.3) is 11.0 Å². The molecule has 0 unspecified atom stereocenters. The molecule has 0 saturated carbocycles. The lowest BCUT2D eigenvalue weighted by atomic mass is 10.2. The van der Waals surface area contributed by atoms with Gasteiger partial charge < -0.3 is 19.6 Å². The van der Waals surface area contributed by atoms with Crippen molar-refractivity contribution in [1.82, 2.24) is 14.9 Å². The van der Waals surface area contributed by atoms with E-state index in [-0.39, 0.29) is 5.69 Å². The molecule has 2 heterocycles. The first-order chi connectivity index (χ1) is 12.8. The highest BCUT2D eigenvalue weighted by Crippen LogP contribution is 2.18. The number of rotatable bonds is 6. The Hall–Kier alpha value is -2.73. The van der Waals surface area contributed by atoms with E-state index in [1.54, 1.807) is 0 Å². The quantitative estimate of drug-likeness (QED) is 0.669. The van der Waals surface area contributed by atoms with Gasteiger partial charge >= 0.3 is 5.69 Å². The first kappa shape index (κ1) is 16.7. The molecule has 2 N–H and O–H groups in total. The first-order valence-electron chi connectivity index (χ1n) is 9.15. The molecule has 3 aromatic rings. The number of hydrogen-bond acceptors (Lipinski definition) is 4. The van der Waals surface area contributed by atoms with Crippen LogP contribution in [0.4, 0.5) is 5.69 Å². The van der Waals surface area contributed by atoms with Crippen LogP contribution >= 0.6 is 0 Å². The molecule has 136 valence electrons. The summed E-state index contributed by atoms with van der Waals surface area (Å²) in [6.45, 7) is 6.05. The van der Waals surface area contributed by atoms with Crippen molar-refractivity contribution >= 4 is 16.7 Å². The van der Waals surface area contributed by atoms with Crippen molar-refractivity contribution in [1.29, 1.82) is 0 Å². The van der Waals surface area contributed by atoms with Crippen molar-refractivity contribution in [3.63, 3.8) is 0 Å². The van der Waals surface area contributed by atoms with Gasteiger partial charge in [-0.15, -0.1) is 0 Å². The van der Waals surface area contributed by atoms with Gasteiger partial charge in [-0.25, -0.2) is 4.79 Å². The first-order valence-corrected chi connectivity index (χ1v) is 9.15. The monoisotopic (exact) mass is 352 g/mol. The maximum atomic E-state index is 11.3. The van der Waals surface area contributed by atoms with Gasteiger partial charge in [0.15, 0.2) is 0 Å². The van der Waals surface area contributed by atoms with Gasteiger partial charge in [-0.2, -0.15) is 0 Å². The van der Waals surface area contributed by atoms with Crippen LogP contribution in [0.2, 0.25) is 0 Å². The van der Waals surface area contributed by atoms with Crippen LogP contribution in [0, 0.1) is 0 Å². The molecular formula is C20H24N4O2. The molecule has 26 heavy (non-hydrogen) atoms. The summed E-state index contributed by atoms with van der Waals surface area (Å²) < 4.78 is 5.83. The summed E-state index contributed by atoms with van der Waals surface area (Å²) in [5.41, 5.74) is 2.71. The Balaban J connectivity index is 1.20. The van der Waals surface area contributed by atoms with Crippen LogP contribution in [0.15, 0.2) is 53.3 Å². The Kier molecular flexibility index (Phi) is 4.93. The number of benzene rings is 2. The third-order valence-electron chi connectivity index (χ3n) is 4.87. The number of imidazole rings is 1. The predicted octanol–water partition coefficient (Wildman–Crippen LogP) is 2.45. The summed E-state index contributed by atoms with van der Waals surface area (Å²) in [7, 11) is 0. The van der Waals surface area contributed by atoms with E-state index in [2.05, 4.69) is 50.1 Å². The van der Waals surface area contributed by atoms with Gasteiger partial charge in [0.05, 0.1) is 17.6 Å². The zero-order valence-electron chi connectivity index (χ0n) is 14.8. The molecule has 0 radical (unpaired) electrons. The number of anilines is 1. The highest BCUT2D eigenvalue weighted by atomic mass is 16.5. The van der Waals surface area contributed by atoms with Crippen molar-refractivity contribution < 1.29 is 4.74 Å². The normalized spacial score (nSPS) is 15.5. The van der Waals surface area contributed by atoms with Gasteiger partial charge in [0, 0.05) is 44.5 Å². The third kappa shape index (κ3) is 3.91. The number of ether oxygens (including phenoxy) is 1. The van der Waals surface area contributed by atoms with Crippen LogP contribution in [0.3, 0.4) is 0 Å². The summed E-state index contributed by atoms with van der Waals surface area (Å²) in [6.07, 6.45) is 0.993. The SMILES string of the molecule is O=c1[nH]c2ccc(OCCCN3CCN(c4ccccc4)CC3)cc2[nH]1. The van der Waals surface area contributed by atoms with E-state index in [0.717, 1.165) is 55.9 Å². The average molecular weight is 352 g/mol. The molecule has 0 amide bonds. The highest BCUT2D eigenvalue weighted by molar-refractivity contribution is 5.75. The molecule has 6 nitrogen and oxygen atoms in total. The van der Waals surface area contributed by atoms with Crippen molar-refractivity contribution in [2.75, 3.05) is 44.2 Å². The molecule has 0 bridgehead atoms. The van der Waals surface area contributed by atoms with Crippen molar-refractivity contribution in [3.8, 4) is 5.75 Å². The lowest BCUT2D eigenvalue weighted by Crippen LogP contribution is -2.46. The molecule has 2 aromatic carbocycles. The van der Waals surface area contributed by atoms with Crippen molar-refractivity contribution in [2.24, 2.45) is 0 Å². The number of nitrogens with zero attached hydrogens (tertiary/aromatic N) is 2. The van der Waals surface area contributed by atoms with Crippen LogP contribution in [-0.4, -0.2) is 54.2 Å². The Morgan fingerprint density at radius 3 is 2.50 bits per heavy atom. The Morgan fingerprint density at radius 1 is 0.923 bits per heavy atom. The van der Waals surface area contributed by atoms with Crippen LogP contribution < -0.4 is 15.3 Å². The fraction of sp³-hybridized carbons (Fsp3) is 0.350. The minimum absolute atomic E-state index is 0.188. The van der Waals surface area contributed by atoms with Crippen LogP contribution in [0.5, 0.6) is 5.75 Å². The minimum Gasteiger partial charge on any atom is -0.493 e. The van der Waals surface area contributed by atoms with E-state index >= 15 is 0 Å². The van der Waals surface area contributed by atoms with Crippen molar-refractivity contribution in [2.45, 2.75) is 6.42 Å². The maximum absolute atomic E-state index is 11.3. The number of piperazine rings is 1. The Bertz CT molecular complexity index is 895. The third-order valence-corrected chi connectivity index (χ3v) is 4.87. The second-order valence-corrected chi connectivity index (χ2v) is 6.65. The number of H-pyrrole nitrogens is 2. The summed E-state index contributed by atoms with van der Waals surface area (Å²) in [4.78, 5) is 21.7. The van der Waals surface area contributed by atoms with Gasteiger partial charge in [-0.05, 0) is 30.7 Å². The second kappa shape index (κ2) is 7.66. The van der Waals surface area contributed by atoms with Gasteiger partial charge in [0.1, 0.15) is 5.75 Å². The number of fused-ring (bicyclic) bond motifs is 1. The number of para-hydroxylation sites is 1. The zero-order chi connectivity index (χ0) is 17.8. The smallest absolute Gasteiger partial charge is 0.323 e. The van der Waals surface area contributed by atoms with Crippen LogP contribution in [-0.2, 0) is 0 Å². The summed E-state index contributed by atoms with van der Waals surface area (Å²) in [6, 6.07) is 16.2. The highest BCUT2D eigenvalue weighted by Gasteiger charge is 2.16. The molecule has 1 aliphatic rings. The van der Waals surface area contributed by atoms with Gasteiger partial charge in [0.25, 0.3) is 0 Å². The molecule has 4 rings (SSSR count). The lowest BCUT2D eigenvalue weighted by Gasteiger charge is -2.36. The molecule has 6 heteroatoms. The largest absolute Gasteiger partial charge is 0.493 e. The summed E-state index contributed by atoms with van der Waals surface area (Å²) in [5, 5.41) is 0. The van der Waals surface area contributed by atoms with E-state index in [1.165, 1.54) is 5.69 Å². The summed E-state index contributed by atoms with van der Waals surface area (Å²) >= 11 is 0. The van der Waals surface area contributed by atoms with Gasteiger partial charge in [-0.3, -0.25) is 4.90 Å². The van der Waals surface area contributed by atoms with E-state index in [9.17, 15) is 4.79 Å². The molecule has 1 aromatic heterocycles. The maximum Gasteiger partial charge on any atom is 0.323 e. The molecule has 0 atom stereocenters. The van der Waals surface area contributed by atoms with Gasteiger partial charge in [-0.1, -0.05) is 18.2 Å². The van der Waals surface area contributed by atoms with E-state index < -0.39 is 0 Å². The van der Waals surface area contributed by atoms with Crippen molar-refractivity contribution in [3.05, 3.63) is 59.0 Å². The fourth-order valence-electron chi connectivity index (χ4n) is 3.45. The molecule has 0 aliphatic carbocycles. The average Bonchev–Trinajstić information content (AvgIpc) is 3.06.